The largest absolute Gasteiger partial charge is 0.265 e. The van der Waals surface area contributed by atoms with E-state index in [1.807, 2.05) is 24.3 Å². The summed E-state index contributed by atoms with van der Waals surface area (Å²) < 4.78 is 28.1. The maximum absolute atomic E-state index is 12.7. The van der Waals surface area contributed by atoms with Crippen molar-refractivity contribution in [3.05, 3.63) is 101 Å². The van der Waals surface area contributed by atoms with Crippen LogP contribution in [-0.2, 0) is 16.6 Å². The minimum absolute atomic E-state index is 0.150. The molecule has 0 amide bonds. The average molecular weight is 470 g/mol. The summed E-state index contributed by atoms with van der Waals surface area (Å²) in [5, 5.41) is 0.915. The van der Waals surface area contributed by atoms with E-state index in [1.54, 1.807) is 61.1 Å². The van der Waals surface area contributed by atoms with E-state index in [0.29, 0.717) is 10.0 Å². The predicted octanol–water partition coefficient (Wildman–Crippen LogP) is 5.60. The Morgan fingerprint density at radius 3 is 2.16 bits per heavy atom. The van der Waals surface area contributed by atoms with Gasteiger partial charge in [-0.1, -0.05) is 41.4 Å². The van der Waals surface area contributed by atoms with Crippen LogP contribution in [0.1, 0.15) is 5.56 Å². The van der Waals surface area contributed by atoms with Gasteiger partial charge in [0.05, 0.1) is 20.6 Å². The average Bonchev–Trinajstić information content (AvgIpc) is 2.80. The number of nitrogens with one attached hydrogen (secondary N) is 1. The van der Waals surface area contributed by atoms with Crippen molar-refractivity contribution in [1.29, 1.82) is 0 Å². The van der Waals surface area contributed by atoms with Crippen LogP contribution in [-0.4, -0.2) is 18.4 Å². The molecule has 0 spiro atoms. The first-order valence-corrected chi connectivity index (χ1v) is 11.6. The van der Waals surface area contributed by atoms with Gasteiger partial charge in [0.2, 0.25) is 10.0 Å². The van der Waals surface area contributed by atoms with Crippen molar-refractivity contribution in [3.63, 3.8) is 0 Å². The Balaban J connectivity index is 1.48. The Labute approximate surface area is 190 Å². The lowest BCUT2D eigenvalue weighted by Crippen LogP contribution is -2.23. The normalized spacial score (nSPS) is 11.4. The number of sulfonamides is 1. The van der Waals surface area contributed by atoms with E-state index in [4.69, 9.17) is 23.2 Å². The highest BCUT2D eigenvalue weighted by Gasteiger charge is 2.14. The summed E-state index contributed by atoms with van der Waals surface area (Å²) in [7, 11) is -3.68. The highest BCUT2D eigenvalue weighted by molar-refractivity contribution is 7.89. The predicted molar refractivity (Wildman–Crippen MR) is 123 cm³/mol. The van der Waals surface area contributed by atoms with Crippen molar-refractivity contribution in [2.45, 2.75) is 11.4 Å². The molecule has 2 aromatic heterocycles. The van der Waals surface area contributed by atoms with E-state index < -0.39 is 10.0 Å². The molecule has 2 aromatic carbocycles. The van der Waals surface area contributed by atoms with E-state index in [9.17, 15) is 8.42 Å². The summed E-state index contributed by atoms with van der Waals surface area (Å²) in [6, 6.07) is 19.2. The van der Waals surface area contributed by atoms with Crippen LogP contribution in [0.5, 0.6) is 0 Å². The fourth-order valence-electron chi connectivity index (χ4n) is 3.03. The second-order valence-corrected chi connectivity index (χ2v) is 9.34. The third-order valence-corrected chi connectivity index (χ3v) is 6.84. The molecule has 0 aliphatic rings. The van der Waals surface area contributed by atoms with Crippen molar-refractivity contribution in [2.75, 3.05) is 0 Å². The standard InChI is InChI=1S/C23H17Cl2N3O2S/c24-21-6-3-19(14-22(21)25)17-1-4-20(5-2-17)31(29,30)28-15-16-7-12-27-23(13-16)18-8-10-26-11-9-18/h1-14,28H,15H2. The molecular weight excluding hydrogens is 453 g/mol. The SMILES string of the molecule is O=S(=O)(NCc1ccnc(-c2ccncc2)c1)c1ccc(-c2ccc(Cl)c(Cl)c2)cc1. The van der Waals surface area contributed by atoms with E-state index in [2.05, 4.69) is 14.7 Å². The number of halogens is 2. The Morgan fingerprint density at radius 1 is 0.742 bits per heavy atom. The van der Waals surface area contributed by atoms with E-state index >= 15 is 0 Å². The van der Waals surface area contributed by atoms with Crippen molar-refractivity contribution in [1.82, 2.24) is 14.7 Å². The number of aromatic nitrogens is 2. The highest BCUT2D eigenvalue weighted by Crippen LogP contribution is 2.29. The van der Waals surface area contributed by atoms with Crippen LogP contribution in [0.2, 0.25) is 10.0 Å². The molecule has 0 bridgehead atoms. The van der Waals surface area contributed by atoms with Gasteiger partial charge in [0.25, 0.3) is 0 Å². The Hall–Kier alpha value is -2.77. The van der Waals surface area contributed by atoms with Crippen LogP contribution in [0.3, 0.4) is 0 Å². The number of pyridine rings is 2. The number of rotatable bonds is 6. The second kappa shape index (κ2) is 9.16. The summed E-state index contributed by atoms with van der Waals surface area (Å²) in [6.07, 6.45) is 5.04. The molecule has 0 atom stereocenters. The molecule has 2 heterocycles. The maximum atomic E-state index is 12.7. The molecule has 0 unspecified atom stereocenters. The minimum Gasteiger partial charge on any atom is -0.265 e. The smallest absolute Gasteiger partial charge is 0.240 e. The van der Waals surface area contributed by atoms with Crippen molar-refractivity contribution >= 4 is 33.2 Å². The van der Waals surface area contributed by atoms with Gasteiger partial charge in [-0.25, -0.2) is 13.1 Å². The fraction of sp³-hybridized carbons (Fsp3) is 0.0435. The molecular formula is C23H17Cl2N3O2S. The Morgan fingerprint density at radius 2 is 1.45 bits per heavy atom. The first-order valence-electron chi connectivity index (χ1n) is 9.33. The molecule has 0 saturated heterocycles. The topological polar surface area (TPSA) is 72.0 Å². The third-order valence-electron chi connectivity index (χ3n) is 4.68. The number of hydrogen-bond donors (Lipinski definition) is 1. The molecule has 31 heavy (non-hydrogen) atoms. The van der Waals surface area contributed by atoms with Gasteiger partial charge in [-0.2, -0.15) is 0 Å². The van der Waals surface area contributed by atoms with Crippen LogP contribution in [0.25, 0.3) is 22.4 Å². The molecule has 4 aromatic rings. The summed E-state index contributed by atoms with van der Waals surface area (Å²) in [5.74, 6) is 0. The third kappa shape index (κ3) is 5.11. The molecule has 0 aliphatic carbocycles. The Kier molecular flexibility index (Phi) is 6.34. The first kappa shape index (κ1) is 21.5. The molecule has 5 nitrogen and oxygen atoms in total. The number of benzene rings is 2. The fourth-order valence-corrected chi connectivity index (χ4v) is 4.34. The Bertz CT molecular complexity index is 1310. The lowest BCUT2D eigenvalue weighted by molar-refractivity contribution is 0.581. The molecule has 8 heteroatoms. The summed E-state index contributed by atoms with van der Waals surface area (Å²) >= 11 is 12.0. The second-order valence-electron chi connectivity index (χ2n) is 6.76. The monoisotopic (exact) mass is 469 g/mol. The number of nitrogens with zero attached hydrogens (tertiary/aromatic N) is 2. The lowest BCUT2D eigenvalue weighted by atomic mass is 10.1. The summed E-state index contributed by atoms with van der Waals surface area (Å²) in [6.45, 7) is 0.150. The molecule has 0 saturated carbocycles. The van der Waals surface area contributed by atoms with Gasteiger partial charge >= 0.3 is 0 Å². The molecule has 0 aliphatic heterocycles. The zero-order valence-electron chi connectivity index (χ0n) is 16.2. The molecule has 0 radical (unpaired) electrons. The van der Waals surface area contributed by atoms with Gasteiger partial charge in [0.1, 0.15) is 0 Å². The van der Waals surface area contributed by atoms with Crippen LogP contribution in [0.4, 0.5) is 0 Å². The van der Waals surface area contributed by atoms with Gasteiger partial charge in [0, 0.05) is 30.7 Å². The molecule has 0 fully saturated rings. The summed E-state index contributed by atoms with van der Waals surface area (Å²) in [5.41, 5.74) is 4.17. The summed E-state index contributed by atoms with van der Waals surface area (Å²) in [4.78, 5) is 8.52. The highest BCUT2D eigenvalue weighted by atomic mass is 35.5. The molecule has 4 rings (SSSR count). The van der Waals surface area contributed by atoms with Crippen molar-refractivity contribution < 1.29 is 8.42 Å². The zero-order valence-corrected chi connectivity index (χ0v) is 18.5. The molecule has 1 N–H and O–H groups in total. The first-order chi connectivity index (χ1) is 14.9. The number of hydrogen-bond acceptors (Lipinski definition) is 4. The zero-order chi connectivity index (χ0) is 21.8. The maximum Gasteiger partial charge on any atom is 0.240 e. The quantitative estimate of drug-likeness (QED) is 0.399. The van der Waals surface area contributed by atoms with Crippen LogP contribution < -0.4 is 4.72 Å². The van der Waals surface area contributed by atoms with Gasteiger partial charge in [-0.3, -0.25) is 9.97 Å². The van der Waals surface area contributed by atoms with Crippen molar-refractivity contribution in [2.24, 2.45) is 0 Å². The van der Waals surface area contributed by atoms with Gasteiger partial charge in [-0.05, 0) is 65.2 Å². The van der Waals surface area contributed by atoms with E-state index in [1.165, 1.54) is 0 Å². The van der Waals surface area contributed by atoms with Crippen molar-refractivity contribution in [3.8, 4) is 22.4 Å². The van der Waals surface area contributed by atoms with E-state index in [-0.39, 0.29) is 11.4 Å². The molecule has 156 valence electrons. The van der Waals surface area contributed by atoms with Gasteiger partial charge < -0.3 is 0 Å². The van der Waals surface area contributed by atoms with Gasteiger partial charge in [0.15, 0.2) is 0 Å². The van der Waals surface area contributed by atoms with Gasteiger partial charge in [-0.15, -0.1) is 0 Å². The van der Waals surface area contributed by atoms with E-state index in [0.717, 1.165) is 27.9 Å². The van der Waals surface area contributed by atoms with Crippen LogP contribution in [0.15, 0.2) is 90.2 Å². The van der Waals surface area contributed by atoms with Crippen LogP contribution in [0, 0.1) is 0 Å². The lowest BCUT2D eigenvalue weighted by Gasteiger charge is -2.09. The van der Waals surface area contributed by atoms with Crippen LogP contribution >= 0.6 is 23.2 Å². The minimum atomic E-state index is -3.68.